The van der Waals surface area contributed by atoms with Gasteiger partial charge in [0.25, 0.3) is 0 Å². The molecule has 6 nitrogen and oxygen atoms in total. The lowest BCUT2D eigenvalue weighted by molar-refractivity contribution is 0.312. The molecule has 0 aliphatic carbocycles. The predicted molar refractivity (Wildman–Crippen MR) is 83.3 cm³/mol. The molecule has 3 rings (SSSR count). The maximum atomic E-state index is 13.6. The van der Waals surface area contributed by atoms with Gasteiger partial charge in [-0.2, -0.15) is 10.1 Å². The van der Waals surface area contributed by atoms with E-state index in [1.807, 2.05) is 0 Å². The Hall–Kier alpha value is -2.28. The quantitative estimate of drug-likeness (QED) is 0.921. The van der Waals surface area contributed by atoms with Crippen LogP contribution in [0.3, 0.4) is 0 Å². The van der Waals surface area contributed by atoms with Gasteiger partial charge in [0.05, 0.1) is 6.20 Å². The van der Waals surface area contributed by atoms with Crippen LogP contribution in [-0.2, 0) is 6.54 Å². The van der Waals surface area contributed by atoms with Gasteiger partial charge in [0.15, 0.2) is 5.82 Å². The van der Waals surface area contributed by atoms with Gasteiger partial charge in [-0.05, 0) is 13.1 Å². The van der Waals surface area contributed by atoms with E-state index >= 15 is 0 Å². The molecule has 0 unspecified atom stereocenters. The second-order valence-corrected chi connectivity index (χ2v) is 5.37. The Morgan fingerprint density at radius 2 is 1.95 bits per heavy atom. The van der Waals surface area contributed by atoms with Crippen LogP contribution in [0.4, 0.5) is 16.2 Å². The lowest BCUT2D eigenvalue weighted by atomic mass is 10.2. The fourth-order valence-corrected chi connectivity index (χ4v) is 2.37. The molecule has 2 aromatic rings. The van der Waals surface area contributed by atoms with Crippen molar-refractivity contribution in [2.45, 2.75) is 6.54 Å². The van der Waals surface area contributed by atoms with E-state index < -0.39 is 0 Å². The van der Waals surface area contributed by atoms with Gasteiger partial charge in [-0.25, -0.2) is 4.39 Å². The number of anilines is 2. The van der Waals surface area contributed by atoms with E-state index in [4.69, 9.17) is 0 Å². The molecule has 1 N–H and O–H groups in total. The predicted octanol–water partition coefficient (Wildman–Crippen LogP) is 1.37. The molecular formula is C15H19FN6. The first-order valence-electron chi connectivity index (χ1n) is 7.33. The van der Waals surface area contributed by atoms with E-state index in [0.29, 0.717) is 18.1 Å². The number of piperazine rings is 1. The second kappa shape index (κ2) is 6.65. The molecular weight excluding hydrogens is 283 g/mol. The molecule has 0 bridgehead atoms. The van der Waals surface area contributed by atoms with Gasteiger partial charge in [0.2, 0.25) is 5.95 Å². The zero-order valence-corrected chi connectivity index (χ0v) is 12.5. The largest absolute Gasteiger partial charge is 0.353 e. The van der Waals surface area contributed by atoms with Crippen molar-refractivity contribution in [2.24, 2.45) is 0 Å². The van der Waals surface area contributed by atoms with E-state index in [9.17, 15) is 4.39 Å². The number of benzene rings is 1. The summed E-state index contributed by atoms with van der Waals surface area (Å²) in [5, 5.41) is 11.0. The highest BCUT2D eigenvalue weighted by atomic mass is 19.1. The minimum absolute atomic E-state index is 0.238. The number of aromatic nitrogens is 3. The monoisotopic (exact) mass is 302 g/mol. The van der Waals surface area contributed by atoms with Crippen molar-refractivity contribution in [3.63, 3.8) is 0 Å². The normalized spacial score (nSPS) is 15.8. The van der Waals surface area contributed by atoms with E-state index in [1.54, 1.807) is 24.4 Å². The SMILES string of the molecule is CN1CCN(c2cnnc(NCc3ccccc3F)n2)CC1. The van der Waals surface area contributed by atoms with E-state index in [-0.39, 0.29) is 5.82 Å². The summed E-state index contributed by atoms with van der Waals surface area (Å²) in [6.07, 6.45) is 1.67. The number of rotatable bonds is 4. The Balaban J connectivity index is 1.65. The van der Waals surface area contributed by atoms with Gasteiger partial charge in [0, 0.05) is 38.3 Å². The third-order valence-electron chi connectivity index (χ3n) is 3.77. The average Bonchev–Trinajstić information content (AvgIpc) is 2.55. The van der Waals surface area contributed by atoms with Gasteiger partial charge in [-0.15, -0.1) is 5.10 Å². The number of nitrogens with one attached hydrogen (secondary N) is 1. The van der Waals surface area contributed by atoms with Crippen LogP contribution >= 0.6 is 0 Å². The smallest absolute Gasteiger partial charge is 0.244 e. The Labute approximate surface area is 129 Å². The van der Waals surface area contributed by atoms with Crippen molar-refractivity contribution >= 4 is 11.8 Å². The van der Waals surface area contributed by atoms with Gasteiger partial charge < -0.3 is 15.1 Å². The average molecular weight is 302 g/mol. The molecule has 1 aliphatic heterocycles. The molecule has 0 saturated carbocycles. The van der Waals surface area contributed by atoms with E-state index in [0.717, 1.165) is 32.0 Å². The maximum absolute atomic E-state index is 13.6. The maximum Gasteiger partial charge on any atom is 0.244 e. The standard InChI is InChI=1S/C15H19FN6/c1-21-6-8-22(9-7-21)14-11-18-20-15(19-14)17-10-12-4-2-3-5-13(12)16/h2-5,11H,6-10H2,1H3,(H,17,19,20). The van der Waals surface area contributed by atoms with Crippen LogP contribution in [0.2, 0.25) is 0 Å². The summed E-state index contributed by atoms with van der Waals surface area (Å²) in [4.78, 5) is 8.93. The molecule has 0 spiro atoms. The minimum atomic E-state index is -0.238. The van der Waals surface area contributed by atoms with Crippen molar-refractivity contribution in [1.82, 2.24) is 20.1 Å². The topological polar surface area (TPSA) is 57.2 Å². The highest BCUT2D eigenvalue weighted by Gasteiger charge is 2.16. The first kappa shape index (κ1) is 14.6. The summed E-state index contributed by atoms with van der Waals surface area (Å²) in [6, 6.07) is 6.65. The highest BCUT2D eigenvalue weighted by molar-refractivity contribution is 5.41. The van der Waals surface area contributed by atoms with Crippen molar-refractivity contribution in [2.75, 3.05) is 43.4 Å². The summed E-state index contributed by atoms with van der Waals surface area (Å²) in [5.41, 5.74) is 0.580. The van der Waals surface area contributed by atoms with Crippen LogP contribution in [0, 0.1) is 5.82 Å². The van der Waals surface area contributed by atoms with Crippen LogP contribution < -0.4 is 10.2 Å². The molecule has 0 radical (unpaired) electrons. The first-order valence-corrected chi connectivity index (χ1v) is 7.33. The van der Waals surface area contributed by atoms with Crippen molar-refractivity contribution in [3.05, 3.63) is 41.8 Å². The van der Waals surface area contributed by atoms with Crippen LogP contribution in [-0.4, -0.2) is 53.3 Å². The Kier molecular flexibility index (Phi) is 4.43. The molecule has 1 aromatic carbocycles. The summed E-state index contributed by atoms with van der Waals surface area (Å²) < 4.78 is 13.6. The molecule has 0 atom stereocenters. The second-order valence-electron chi connectivity index (χ2n) is 5.37. The van der Waals surface area contributed by atoms with Gasteiger partial charge in [-0.1, -0.05) is 18.2 Å². The van der Waals surface area contributed by atoms with Crippen molar-refractivity contribution < 1.29 is 4.39 Å². The third kappa shape index (κ3) is 3.48. The fourth-order valence-electron chi connectivity index (χ4n) is 2.37. The molecule has 22 heavy (non-hydrogen) atoms. The van der Waals surface area contributed by atoms with Gasteiger partial charge in [-0.3, -0.25) is 0 Å². The number of halogens is 1. The summed E-state index contributed by atoms with van der Waals surface area (Å²) in [5.74, 6) is 0.983. The fraction of sp³-hybridized carbons (Fsp3) is 0.400. The lowest BCUT2D eigenvalue weighted by Crippen LogP contribution is -2.44. The number of nitrogens with zero attached hydrogens (tertiary/aromatic N) is 5. The number of hydrogen-bond donors (Lipinski definition) is 1. The molecule has 0 amide bonds. The lowest BCUT2D eigenvalue weighted by Gasteiger charge is -2.32. The van der Waals surface area contributed by atoms with Crippen LogP contribution in [0.25, 0.3) is 0 Å². The molecule has 1 saturated heterocycles. The molecule has 7 heteroatoms. The molecule has 1 fully saturated rings. The molecule has 2 heterocycles. The Morgan fingerprint density at radius 1 is 1.18 bits per heavy atom. The highest BCUT2D eigenvalue weighted by Crippen LogP contribution is 2.14. The van der Waals surface area contributed by atoms with Gasteiger partial charge >= 0.3 is 0 Å². The Morgan fingerprint density at radius 3 is 2.73 bits per heavy atom. The zero-order chi connectivity index (χ0) is 15.4. The first-order chi connectivity index (χ1) is 10.7. The molecule has 1 aliphatic rings. The molecule has 116 valence electrons. The number of hydrogen-bond acceptors (Lipinski definition) is 6. The van der Waals surface area contributed by atoms with Crippen LogP contribution in [0.5, 0.6) is 0 Å². The van der Waals surface area contributed by atoms with E-state index in [1.165, 1.54) is 6.07 Å². The van der Waals surface area contributed by atoms with Crippen LogP contribution in [0.15, 0.2) is 30.5 Å². The Bertz CT molecular complexity index is 627. The molecule has 1 aromatic heterocycles. The van der Waals surface area contributed by atoms with Crippen LogP contribution in [0.1, 0.15) is 5.56 Å². The number of likely N-dealkylation sites (N-methyl/N-ethyl adjacent to an activating group) is 1. The summed E-state index contributed by atoms with van der Waals surface area (Å²) in [6.45, 7) is 4.18. The van der Waals surface area contributed by atoms with Crippen molar-refractivity contribution in [3.8, 4) is 0 Å². The van der Waals surface area contributed by atoms with Crippen molar-refractivity contribution in [1.29, 1.82) is 0 Å². The summed E-state index contributed by atoms with van der Waals surface area (Å²) in [7, 11) is 2.11. The van der Waals surface area contributed by atoms with Gasteiger partial charge in [0.1, 0.15) is 5.82 Å². The minimum Gasteiger partial charge on any atom is -0.353 e. The zero-order valence-electron chi connectivity index (χ0n) is 12.5. The summed E-state index contributed by atoms with van der Waals surface area (Å²) >= 11 is 0. The third-order valence-corrected chi connectivity index (χ3v) is 3.77. The van der Waals surface area contributed by atoms with E-state index in [2.05, 4.69) is 37.3 Å².